The molecule has 0 saturated carbocycles. The van der Waals surface area contributed by atoms with Gasteiger partial charge in [-0.1, -0.05) is 15.9 Å². The summed E-state index contributed by atoms with van der Waals surface area (Å²) in [6, 6.07) is 11.6. The lowest BCUT2D eigenvalue weighted by atomic mass is 10.2. The topological polar surface area (TPSA) is 9.23 Å². The maximum atomic E-state index is 12.3. The standard InChI is InChI=1S/C13H8BrF3O/c14-10-3-7-12(8-4-10)18-11-5-1-9(2-6-11)13(15,16)17/h1-8H. The summed E-state index contributed by atoms with van der Waals surface area (Å²) < 4.78 is 43.4. The Morgan fingerprint density at radius 2 is 1.22 bits per heavy atom. The van der Waals surface area contributed by atoms with E-state index in [1.54, 1.807) is 24.3 Å². The van der Waals surface area contributed by atoms with E-state index in [9.17, 15) is 13.2 Å². The molecule has 0 saturated heterocycles. The van der Waals surface area contributed by atoms with E-state index in [2.05, 4.69) is 15.9 Å². The van der Waals surface area contributed by atoms with Gasteiger partial charge in [-0.3, -0.25) is 0 Å². The van der Waals surface area contributed by atoms with Crippen LogP contribution in [-0.4, -0.2) is 0 Å². The summed E-state index contributed by atoms with van der Waals surface area (Å²) in [5.41, 5.74) is -0.689. The van der Waals surface area contributed by atoms with Crippen LogP contribution >= 0.6 is 15.9 Å². The van der Waals surface area contributed by atoms with Crippen molar-refractivity contribution in [1.82, 2.24) is 0 Å². The zero-order valence-corrected chi connectivity index (χ0v) is 10.6. The summed E-state index contributed by atoms with van der Waals surface area (Å²) in [5.74, 6) is 0.934. The fourth-order valence-electron chi connectivity index (χ4n) is 1.35. The maximum Gasteiger partial charge on any atom is 0.416 e. The van der Waals surface area contributed by atoms with Crippen molar-refractivity contribution in [2.75, 3.05) is 0 Å². The molecular formula is C13H8BrF3O. The van der Waals surface area contributed by atoms with Crippen LogP contribution in [-0.2, 0) is 6.18 Å². The summed E-state index contributed by atoms with van der Waals surface area (Å²) in [6.07, 6.45) is -4.32. The van der Waals surface area contributed by atoms with Crippen molar-refractivity contribution in [1.29, 1.82) is 0 Å². The van der Waals surface area contributed by atoms with Crippen molar-refractivity contribution in [3.8, 4) is 11.5 Å². The van der Waals surface area contributed by atoms with E-state index >= 15 is 0 Å². The largest absolute Gasteiger partial charge is 0.457 e. The lowest BCUT2D eigenvalue weighted by Gasteiger charge is -2.08. The van der Waals surface area contributed by atoms with Crippen molar-refractivity contribution < 1.29 is 17.9 Å². The van der Waals surface area contributed by atoms with Gasteiger partial charge in [0.2, 0.25) is 0 Å². The van der Waals surface area contributed by atoms with Gasteiger partial charge in [-0.15, -0.1) is 0 Å². The van der Waals surface area contributed by atoms with E-state index in [0.29, 0.717) is 11.5 Å². The number of alkyl halides is 3. The lowest BCUT2D eigenvalue weighted by molar-refractivity contribution is -0.137. The van der Waals surface area contributed by atoms with E-state index < -0.39 is 11.7 Å². The third kappa shape index (κ3) is 3.26. The van der Waals surface area contributed by atoms with Crippen LogP contribution in [0, 0.1) is 0 Å². The van der Waals surface area contributed by atoms with E-state index in [4.69, 9.17) is 4.74 Å². The van der Waals surface area contributed by atoms with Crippen LogP contribution in [0.2, 0.25) is 0 Å². The molecule has 0 unspecified atom stereocenters. The predicted molar refractivity (Wildman–Crippen MR) is 65.7 cm³/mol. The Hall–Kier alpha value is -1.49. The van der Waals surface area contributed by atoms with Gasteiger partial charge in [-0.25, -0.2) is 0 Å². The second-order valence-electron chi connectivity index (χ2n) is 3.58. The van der Waals surface area contributed by atoms with Crippen molar-refractivity contribution in [3.05, 3.63) is 58.6 Å². The minimum absolute atomic E-state index is 0.366. The second-order valence-corrected chi connectivity index (χ2v) is 4.49. The summed E-state index contributed by atoms with van der Waals surface area (Å²) in [6.45, 7) is 0. The normalized spacial score (nSPS) is 11.3. The molecule has 2 rings (SSSR count). The number of halogens is 4. The molecule has 0 N–H and O–H groups in total. The first-order valence-corrected chi connectivity index (χ1v) is 5.85. The Kier molecular flexibility index (Phi) is 3.61. The molecule has 5 heteroatoms. The van der Waals surface area contributed by atoms with Crippen molar-refractivity contribution in [3.63, 3.8) is 0 Å². The van der Waals surface area contributed by atoms with Crippen LogP contribution in [0.15, 0.2) is 53.0 Å². The molecule has 0 bridgehead atoms. The molecule has 0 aromatic heterocycles. The first-order valence-electron chi connectivity index (χ1n) is 5.06. The van der Waals surface area contributed by atoms with Crippen LogP contribution in [0.1, 0.15) is 5.56 Å². The first-order chi connectivity index (χ1) is 8.45. The van der Waals surface area contributed by atoms with Crippen LogP contribution in [0.3, 0.4) is 0 Å². The third-order valence-electron chi connectivity index (χ3n) is 2.23. The molecule has 18 heavy (non-hydrogen) atoms. The Balaban J connectivity index is 2.13. The maximum absolute atomic E-state index is 12.3. The number of ether oxygens (including phenoxy) is 1. The molecule has 0 heterocycles. The molecule has 0 fully saturated rings. The molecule has 0 aliphatic carbocycles. The molecule has 2 aromatic carbocycles. The van der Waals surface area contributed by atoms with Gasteiger partial charge in [-0.2, -0.15) is 13.2 Å². The summed E-state index contributed by atoms with van der Waals surface area (Å²) >= 11 is 3.28. The highest BCUT2D eigenvalue weighted by Crippen LogP contribution is 2.31. The van der Waals surface area contributed by atoms with Gasteiger partial charge >= 0.3 is 6.18 Å². The molecule has 2 aromatic rings. The zero-order valence-electron chi connectivity index (χ0n) is 9.04. The quantitative estimate of drug-likeness (QED) is 0.734. The van der Waals surface area contributed by atoms with Gasteiger partial charge in [-0.05, 0) is 48.5 Å². The van der Waals surface area contributed by atoms with E-state index in [0.717, 1.165) is 16.6 Å². The molecule has 1 nitrogen and oxygen atoms in total. The number of benzene rings is 2. The average molecular weight is 317 g/mol. The van der Waals surface area contributed by atoms with Crippen molar-refractivity contribution in [2.24, 2.45) is 0 Å². The van der Waals surface area contributed by atoms with Gasteiger partial charge in [0.25, 0.3) is 0 Å². The zero-order chi connectivity index (χ0) is 13.2. The second kappa shape index (κ2) is 5.02. The van der Waals surface area contributed by atoms with Gasteiger partial charge in [0.05, 0.1) is 5.56 Å². The van der Waals surface area contributed by atoms with Crippen LogP contribution in [0.5, 0.6) is 11.5 Å². The monoisotopic (exact) mass is 316 g/mol. The van der Waals surface area contributed by atoms with Gasteiger partial charge < -0.3 is 4.74 Å². The summed E-state index contributed by atoms with van der Waals surface area (Å²) in [4.78, 5) is 0. The lowest BCUT2D eigenvalue weighted by Crippen LogP contribution is -2.03. The smallest absolute Gasteiger partial charge is 0.416 e. The summed E-state index contributed by atoms with van der Waals surface area (Å²) in [5, 5.41) is 0. The number of hydrogen-bond donors (Lipinski definition) is 0. The Morgan fingerprint density at radius 1 is 0.778 bits per heavy atom. The SMILES string of the molecule is FC(F)(F)c1ccc(Oc2ccc(Br)cc2)cc1. The van der Waals surface area contributed by atoms with Crippen LogP contribution in [0.25, 0.3) is 0 Å². The number of hydrogen-bond acceptors (Lipinski definition) is 1. The molecule has 0 radical (unpaired) electrons. The minimum Gasteiger partial charge on any atom is -0.457 e. The van der Waals surface area contributed by atoms with Gasteiger partial charge in [0.15, 0.2) is 0 Å². The first kappa shape index (κ1) is 13.0. The fourth-order valence-corrected chi connectivity index (χ4v) is 1.62. The molecule has 0 amide bonds. The summed E-state index contributed by atoms with van der Waals surface area (Å²) in [7, 11) is 0. The fraction of sp³-hybridized carbons (Fsp3) is 0.0769. The van der Waals surface area contributed by atoms with E-state index in [1.165, 1.54) is 12.1 Å². The third-order valence-corrected chi connectivity index (χ3v) is 2.76. The molecule has 0 aliphatic rings. The molecule has 0 atom stereocenters. The molecular weight excluding hydrogens is 309 g/mol. The van der Waals surface area contributed by atoms with Crippen LogP contribution < -0.4 is 4.74 Å². The van der Waals surface area contributed by atoms with Crippen molar-refractivity contribution >= 4 is 15.9 Å². The molecule has 94 valence electrons. The predicted octanol–water partition coefficient (Wildman–Crippen LogP) is 5.26. The Morgan fingerprint density at radius 3 is 1.67 bits per heavy atom. The Labute approximate surface area is 110 Å². The van der Waals surface area contributed by atoms with Crippen LogP contribution in [0.4, 0.5) is 13.2 Å². The highest BCUT2D eigenvalue weighted by molar-refractivity contribution is 9.10. The van der Waals surface area contributed by atoms with Gasteiger partial charge in [0, 0.05) is 4.47 Å². The minimum atomic E-state index is -4.32. The molecule has 0 aliphatic heterocycles. The van der Waals surface area contributed by atoms with E-state index in [-0.39, 0.29) is 0 Å². The number of rotatable bonds is 2. The average Bonchev–Trinajstić information content (AvgIpc) is 2.32. The highest BCUT2D eigenvalue weighted by atomic mass is 79.9. The highest BCUT2D eigenvalue weighted by Gasteiger charge is 2.29. The van der Waals surface area contributed by atoms with Crippen molar-refractivity contribution in [2.45, 2.75) is 6.18 Å². The van der Waals surface area contributed by atoms with E-state index in [1.807, 2.05) is 0 Å². The molecule has 0 spiro atoms. The van der Waals surface area contributed by atoms with Gasteiger partial charge in [0.1, 0.15) is 11.5 Å². The Bertz CT molecular complexity index is 517.